The Bertz CT molecular complexity index is 1250. The fraction of sp³-hybridized carbons (Fsp3) is 0.500. The van der Waals surface area contributed by atoms with Crippen molar-refractivity contribution in [3.63, 3.8) is 0 Å². The summed E-state index contributed by atoms with van der Waals surface area (Å²) in [6, 6.07) is 4.03. The highest BCUT2D eigenvalue weighted by Gasteiger charge is 2.15. The van der Waals surface area contributed by atoms with Crippen LogP contribution >= 0.6 is 0 Å². The lowest BCUT2D eigenvalue weighted by atomic mass is 10.2. The Morgan fingerprint density at radius 2 is 1.82 bits per heavy atom. The van der Waals surface area contributed by atoms with Gasteiger partial charge >= 0.3 is 0 Å². The second kappa shape index (κ2) is 13.9. The van der Waals surface area contributed by atoms with E-state index in [0.29, 0.717) is 31.9 Å². The molecule has 0 saturated carbocycles. The molecule has 10 heteroatoms. The number of carbonyl (C=O) groups excluding carboxylic acids is 1. The van der Waals surface area contributed by atoms with Gasteiger partial charge in [-0.05, 0) is 56.9 Å². The lowest BCUT2D eigenvalue weighted by Crippen LogP contribution is -2.28. The summed E-state index contributed by atoms with van der Waals surface area (Å²) in [5.41, 5.74) is 2.32. The Kier molecular flexibility index (Phi) is 10.1. The van der Waals surface area contributed by atoms with Crippen molar-refractivity contribution in [3.8, 4) is 0 Å². The summed E-state index contributed by atoms with van der Waals surface area (Å²) in [6.45, 7) is 10.6. The molecule has 0 spiro atoms. The van der Waals surface area contributed by atoms with E-state index in [1.165, 1.54) is 12.8 Å². The first-order valence-corrected chi connectivity index (χ1v) is 13.7. The lowest BCUT2D eigenvalue weighted by molar-refractivity contribution is 0.0948. The summed E-state index contributed by atoms with van der Waals surface area (Å²) in [6.07, 6.45) is 15.7. The van der Waals surface area contributed by atoms with Gasteiger partial charge in [-0.2, -0.15) is 0 Å². The number of amides is 1. The van der Waals surface area contributed by atoms with Gasteiger partial charge in [0.05, 0.1) is 13.1 Å². The number of aryl methyl sites for hydroxylation is 1. The van der Waals surface area contributed by atoms with Crippen molar-refractivity contribution in [1.29, 1.82) is 0 Å². The second-order valence-electron chi connectivity index (χ2n) is 9.87. The number of unbranched alkanes of at least 4 members (excludes halogenated alkanes) is 1. The summed E-state index contributed by atoms with van der Waals surface area (Å²) in [4.78, 5) is 34.2. The van der Waals surface area contributed by atoms with Crippen LogP contribution in [-0.4, -0.2) is 70.8 Å². The van der Waals surface area contributed by atoms with Crippen molar-refractivity contribution in [2.75, 3.05) is 26.2 Å². The van der Waals surface area contributed by atoms with Gasteiger partial charge in [0.2, 0.25) is 0 Å². The first-order chi connectivity index (χ1) is 18.6. The molecule has 0 aromatic carbocycles. The summed E-state index contributed by atoms with van der Waals surface area (Å²) in [5.74, 6) is 1.77. The minimum absolute atomic E-state index is 0.122. The number of H-pyrrole nitrogens is 1. The molecule has 0 atom stereocenters. The Labute approximate surface area is 225 Å². The van der Waals surface area contributed by atoms with Gasteiger partial charge in [-0.15, -0.1) is 0 Å². The maximum Gasteiger partial charge on any atom is 0.271 e. The third-order valence-corrected chi connectivity index (χ3v) is 6.63. The molecule has 4 rings (SSSR count). The Morgan fingerprint density at radius 3 is 2.53 bits per heavy atom. The molecule has 0 unspecified atom stereocenters. The molecule has 1 amide bonds. The first-order valence-electron chi connectivity index (χ1n) is 13.7. The molecule has 0 fully saturated rings. The highest BCUT2D eigenvalue weighted by molar-refractivity contribution is 5.92. The fourth-order valence-corrected chi connectivity index (χ4v) is 4.73. The smallest absolute Gasteiger partial charge is 0.271 e. The van der Waals surface area contributed by atoms with E-state index in [1.54, 1.807) is 6.20 Å². The Hall–Kier alpha value is -3.50. The molecule has 0 saturated heterocycles. The van der Waals surface area contributed by atoms with Crippen molar-refractivity contribution >= 4 is 11.6 Å². The number of nitrogens with zero attached hydrogens (tertiary/aromatic N) is 7. The van der Waals surface area contributed by atoms with E-state index in [9.17, 15) is 4.79 Å². The van der Waals surface area contributed by atoms with Crippen LogP contribution in [0.4, 0.5) is 0 Å². The lowest BCUT2D eigenvalue weighted by Gasteiger charge is -2.21. The van der Waals surface area contributed by atoms with Gasteiger partial charge in [-0.1, -0.05) is 19.9 Å². The topological polar surface area (TPSA) is 99.4 Å². The van der Waals surface area contributed by atoms with Crippen molar-refractivity contribution < 1.29 is 4.79 Å². The van der Waals surface area contributed by atoms with E-state index in [1.807, 2.05) is 53.1 Å². The van der Waals surface area contributed by atoms with Gasteiger partial charge in [0.1, 0.15) is 23.0 Å². The molecular weight excluding hydrogens is 478 g/mol. The van der Waals surface area contributed by atoms with Gasteiger partial charge < -0.3 is 24.2 Å². The van der Waals surface area contributed by atoms with Crippen LogP contribution in [0.2, 0.25) is 0 Å². The minimum Gasteiger partial charge on any atom is -0.351 e. The zero-order valence-electron chi connectivity index (χ0n) is 22.9. The van der Waals surface area contributed by atoms with Crippen LogP contribution < -0.4 is 5.32 Å². The predicted octanol–water partition coefficient (Wildman–Crippen LogP) is 3.63. The number of carbonyl (C=O) groups is 1. The molecule has 0 radical (unpaired) electrons. The quantitative estimate of drug-likeness (QED) is 0.219. The fourth-order valence-electron chi connectivity index (χ4n) is 4.73. The molecule has 38 heavy (non-hydrogen) atoms. The Balaban J connectivity index is 1.34. The number of aromatic amines is 1. The molecule has 4 heterocycles. The number of hydrogen-bond donors (Lipinski definition) is 2. The number of pyridine rings is 1. The third-order valence-electron chi connectivity index (χ3n) is 6.63. The summed E-state index contributed by atoms with van der Waals surface area (Å²) >= 11 is 0. The molecule has 0 aliphatic rings. The zero-order chi connectivity index (χ0) is 26.7. The highest BCUT2D eigenvalue weighted by Crippen LogP contribution is 2.14. The van der Waals surface area contributed by atoms with Gasteiger partial charge in [0.15, 0.2) is 0 Å². The van der Waals surface area contributed by atoms with Crippen LogP contribution in [0.5, 0.6) is 0 Å². The molecule has 4 aromatic heterocycles. The predicted molar refractivity (Wildman–Crippen MR) is 149 cm³/mol. The van der Waals surface area contributed by atoms with Crippen molar-refractivity contribution in [2.45, 2.75) is 59.2 Å². The summed E-state index contributed by atoms with van der Waals surface area (Å²) in [5, 5.41) is 3.04. The third kappa shape index (κ3) is 7.75. The summed E-state index contributed by atoms with van der Waals surface area (Å²) < 4.78 is 3.97. The van der Waals surface area contributed by atoms with Gasteiger partial charge in [-0.25, -0.2) is 15.0 Å². The van der Waals surface area contributed by atoms with E-state index in [4.69, 9.17) is 0 Å². The first kappa shape index (κ1) is 27.5. The normalized spacial score (nSPS) is 11.7. The molecular formula is C28H41N9O. The minimum atomic E-state index is -0.122. The van der Waals surface area contributed by atoms with Crippen molar-refractivity contribution in [3.05, 3.63) is 72.2 Å². The summed E-state index contributed by atoms with van der Waals surface area (Å²) in [7, 11) is 2.01. The maximum absolute atomic E-state index is 12.7. The molecule has 10 nitrogen and oxygen atoms in total. The Morgan fingerprint density at radius 1 is 0.974 bits per heavy atom. The number of imidazole rings is 3. The average molecular weight is 520 g/mol. The van der Waals surface area contributed by atoms with Crippen LogP contribution in [0.3, 0.4) is 0 Å². The highest BCUT2D eigenvalue weighted by atomic mass is 16.1. The van der Waals surface area contributed by atoms with Crippen molar-refractivity contribution in [2.24, 2.45) is 7.05 Å². The van der Waals surface area contributed by atoms with E-state index >= 15 is 0 Å². The monoisotopic (exact) mass is 519 g/mol. The molecule has 0 bridgehead atoms. The number of hydrogen-bond acceptors (Lipinski definition) is 6. The number of aromatic nitrogens is 6. The molecule has 0 aliphatic heterocycles. The zero-order valence-corrected chi connectivity index (χ0v) is 22.9. The molecule has 4 aromatic rings. The van der Waals surface area contributed by atoms with E-state index in [-0.39, 0.29) is 5.91 Å². The average Bonchev–Trinajstić information content (AvgIpc) is 3.66. The van der Waals surface area contributed by atoms with Gasteiger partial charge in [0, 0.05) is 57.3 Å². The number of nitrogens with one attached hydrogen (secondary N) is 2. The van der Waals surface area contributed by atoms with E-state index in [2.05, 4.69) is 55.0 Å². The van der Waals surface area contributed by atoms with E-state index in [0.717, 1.165) is 55.3 Å². The van der Waals surface area contributed by atoms with Crippen LogP contribution in [0.25, 0.3) is 5.65 Å². The van der Waals surface area contributed by atoms with Gasteiger partial charge in [0.25, 0.3) is 5.91 Å². The number of rotatable bonds is 16. The molecule has 0 aliphatic carbocycles. The van der Waals surface area contributed by atoms with E-state index < -0.39 is 0 Å². The standard InChI is InChI=1S/C28H41N9O/c1-4-14-35(15-5-2)16-7-6-10-32-28(38)24-20-37-19-23(8-9-26(37)33-24)18-36(21-25-29-11-12-30-25)22-27-31-13-17-34(27)3/h8-9,11-13,17,19-20H,4-7,10,14-16,18,21-22H2,1-3H3,(H,29,30)(H,32,38). The maximum atomic E-state index is 12.7. The largest absolute Gasteiger partial charge is 0.351 e. The number of fused-ring (bicyclic) bond motifs is 1. The van der Waals surface area contributed by atoms with Crippen LogP contribution in [0.1, 0.15) is 67.2 Å². The van der Waals surface area contributed by atoms with Crippen molar-refractivity contribution in [1.82, 2.24) is 44.0 Å². The molecule has 2 N–H and O–H groups in total. The van der Waals surface area contributed by atoms with Crippen LogP contribution in [-0.2, 0) is 26.7 Å². The second-order valence-corrected chi connectivity index (χ2v) is 9.87. The van der Waals surface area contributed by atoms with Gasteiger partial charge in [-0.3, -0.25) is 9.69 Å². The van der Waals surface area contributed by atoms with Crippen LogP contribution in [0.15, 0.2) is 49.3 Å². The molecule has 204 valence electrons. The SMILES string of the molecule is CCCN(CCC)CCCCNC(=O)c1cn2cc(CN(Cc3ncc[nH]3)Cc3nccn3C)ccc2n1. The van der Waals surface area contributed by atoms with Crippen LogP contribution in [0, 0.1) is 0 Å².